The first-order valence-electron chi connectivity index (χ1n) is 7.68. The maximum absolute atomic E-state index is 12.6. The summed E-state index contributed by atoms with van der Waals surface area (Å²) in [5.41, 5.74) is 1.00. The molecule has 0 saturated carbocycles. The van der Waals surface area contributed by atoms with Crippen LogP contribution in [-0.2, 0) is 4.79 Å². The summed E-state index contributed by atoms with van der Waals surface area (Å²) in [4.78, 5) is 14.5. The van der Waals surface area contributed by atoms with E-state index in [2.05, 4.69) is 37.4 Å². The van der Waals surface area contributed by atoms with Crippen molar-refractivity contribution in [2.75, 3.05) is 18.0 Å². The van der Waals surface area contributed by atoms with Gasteiger partial charge in [-0.25, -0.2) is 0 Å². The smallest absolute Gasteiger partial charge is 0.228 e. The Hall–Kier alpha value is -1.87. The summed E-state index contributed by atoms with van der Waals surface area (Å²) in [6.45, 7) is 7.71. The van der Waals surface area contributed by atoms with E-state index < -0.39 is 0 Å². The van der Waals surface area contributed by atoms with Gasteiger partial charge in [-0.05, 0) is 31.8 Å². The summed E-state index contributed by atoms with van der Waals surface area (Å²) < 4.78 is 0. The third kappa shape index (κ3) is 3.61. The molecule has 2 aromatic carbocycles. The zero-order chi connectivity index (χ0) is 15.2. The number of rotatable bonds is 6. The third-order valence-electron chi connectivity index (χ3n) is 3.71. The van der Waals surface area contributed by atoms with E-state index in [-0.39, 0.29) is 11.9 Å². The van der Waals surface area contributed by atoms with Crippen LogP contribution in [0.25, 0.3) is 10.8 Å². The van der Waals surface area contributed by atoms with Crippen LogP contribution in [0.1, 0.15) is 27.2 Å². The molecule has 0 aliphatic rings. The highest BCUT2D eigenvalue weighted by atomic mass is 16.2. The standard InChI is InChI=1S/C18H24N2O/c1-4-19-14(3)13-18(21)20(5-2)17-12-8-10-15-9-6-7-11-16(15)17/h6-12,14,19H,4-5,13H2,1-3H3. The Morgan fingerprint density at radius 3 is 2.57 bits per heavy atom. The highest BCUT2D eigenvalue weighted by Crippen LogP contribution is 2.27. The molecule has 3 heteroatoms. The number of amides is 1. The number of benzene rings is 2. The number of fused-ring (bicyclic) bond motifs is 1. The first kappa shape index (κ1) is 15.5. The molecule has 21 heavy (non-hydrogen) atoms. The molecule has 0 aliphatic heterocycles. The molecule has 0 aromatic heterocycles. The summed E-state index contributed by atoms with van der Waals surface area (Å²) in [7, 11) is 0. The molecule has 1 unspecified atom stereocenters. The minimum Gasteiger partial charge on any atom is -0.314 e. The Morgan fingerprint density at radius 1 is 1.14 bits per heavy atom. The number of nitrogens with zero attached hydrogens (tertiary/aromatic N) is 1. The highest BCUT2D eigenvalue weighted by Gasteiger charge is 2.18. The Morgan fingerprint density at radius 2 is 1.86 bits per heavy atom. The van der Waals surface area contributed by atoms with Crippen LogP contribution < -0.4 is 10.2 Å². The lowest BCUT2D eigenvalue weighted by molar-refractivity contribution is -0.118. The average molecular weight is 284 g/mol. The first-order chi connectivity index (χ1) is 10.2. The molecule has 0 saturated heterocycles. The van der Waals surface area contributed by atoms with Crippen molar-refractivity contribution in [2.24, 2.45) is 0 Å². The molecule has 0 fully saturated rings. The van der Waals surface area contributed by atoms with Gasteiger partial charge >= 0.3 is 0 Å². The second-order valence-corrected chi connectivity index (χ2v) is 5.30. The second kappa shape index (κ2) is 7.23. The number of hydrogen-bond acceptors (Lipinski definition) is 2. The third-order valence-corrected chi connectivity index (χ3v) is 3.71. The lowest BCUT2D eigenvalue weighted by Crippen LogP contribution is -2.37. The van der Waals surface area contributed by atoms with E-state index in [9.17, 15) is 4.79 Å². The molecular weight excluding hydrogens is 260 g/mol. The van der Waals surface area contributed by atoms with E-state index in [1.807, 2.05) is 36.1 Å². The van der Waals surface area contributed by atoms with Crippen molar-refractivity contribution in [1.29, 1.82) is 0 Å². The lowest BCUT2D eigenvalue weighted by Gasteiger charge is -2.24. The normalized spacial score (nSPS) is 12.3. The predicted molar refractivity (Wildman–Crippen MR) is 89.7 cm³/mol. The van der Waals surface area contributed by atoms with Gasteiger partial charge in [0.1, 0.15) is 0 Å². The van der Waals surface area contributed by atoms with Crippen molar-refractivity contribution < 1.29 is 4.79 Å². The van der Waals surface area contributed by atoms with Gasteiger partial charge in [-0.3, -0.25) is 4.79 Å². The van der Waals surface area contributed by atoms with Crippen molar-refractivity contribution in [3.05, 3.63) is 42.5 Å². The second-order valence-electron chi connectivity index (χ2n) is 5.30. The monoisotopic (exact) mass is 284 g/mol. The van der Waals surface area contributed by atoms with Crippen molar-refractivity contribution in [1.82, 2.24) is 5.32 Å². The van der Waals surface area contributed by atoms with Crippen LogP contribution >= 0.6 is 0 Å². The number of nitrogens with one attached hydrogen (secondary N) is 1. The van der Waals surface area contributed by atoms with E-state index in [1.165, 1.54) is 5.39 Å². The van der Waals surface area contributed by atoms with E-state index in [0.717, 1.165) is 17.6 Å². The van der Waals surface area contributed by atoms with Crippen LogP contribution in [0.4, 0.5) is 5.69 Å². The fourth-order valence-electron chi connectivity index (χ4n) is 2.72. The minimum absolute atomic E-state index is 0.169. The molecule has 1 N–H and O–H groups in total. The average Bonchev–Trinajstić information content (AvgIpc) is 2.48. The van der Waals surface area contributed by atoms with Crippen molar-refractivity contribution >= 4 is 22.4 Å². The lowest BCUT2D eigenvalue weighted by atomic mass is 10.1. The van der Waals surface area contributed by atoms with Gasteiger partial charge in [-0.2, -0.15) is 0 Å². The van der Waals surface area contributed by atoms with Gasteiger partial charge in [0.2, 0.25) is 5.91 Å². The quantitative estimate of drug-likeness (QED) is 0.879. The van der Waals surface area contributed by atoms with Crippen LogP contribution in [0, 0.1) is 0 Å². The Balaban J connectivity index is 2.29. The zero-order valence-corrected chi connectivity index (χ0v) is 13.1. The molecule has 0 radical (unpaired) electrons. The zero-order valence-electron chi connectivity index (χ0n) is 13.1. The van der Waals surface area contributed by atoms with E-state index in [1.54, 1.807) is 0 Å². The van der Waals surface area contributed by atoms with Gasteiger partial charge in [0, 0.05) is 24.4 Å². The minimum atomic E-state index is 0.169. The molecule has 0 aliphatic carbocycles. The van der Waals surface area contributed by atoms with Crippen LogP contribution in [0.2, 0.25) is 0 Å². The van der Waals surface area contributed by atoms with Crippen LogP contribution in [0.5, 0.6) is 0 Å². The number of anilines is 1. The Bertz CT molecular complexity index is 604. The van der Waals surface area contributed by atoms with Gasteiger partial charge in [0.05, 0.1) is 5.69 Å². The highest BCUT2D eigenvalue weighted by molar-refractivity contribution is 6.03. The van der Waals surface area contributed by atoms with Gasteiger partial charge in [-0.1, -0.05) is 43.3 Å². The van der Waals surface area contributed by atoms with Crippen molar-refractivity contribution in [2.45, 2.75) is 33.2 Å². The van der Waals surface area contributed by atoms with Gasteiger partial charge in [0.25, 0.3) is 0 Å². The molecule has 0 spiro atoms. The van der Waals surface area contributed by atoms with Crippen molar-refractivity contribution in [3.8, 4) is 0 Å². The number of hydrogen-bond donors (Lipinski definition) is 1. The molecule has 3 nitrogen and oxygen atoms in total. The molecule has 1 atom stereocenters. The summed E-state index contributed by atoms with van der Waals surface area (Å²) in [6.07, 6.45) is 0.519. The first-order valence-corrected chi connectivity index (χ1v) is 7.68. The maximum atomic E-state index is 12.6. The molecule has 1 amide bonds. The van der Waals surface area contributed by atoms with Crippen LogP contribution in [-0.4, -0.2) is 25.0 Å². The number of carbonyl (C=O) groups excluding carboxylic acids is 1. The fraction of sp³-hybridized carbons (Fsp3) is 0.389. The molecule has 2 rings (SSSR count). The topological polar surface area (TPSA) is 32.3 Å². The molecule has 0 heterocycles. The summed E-state index contributed by atoms with van der Waals surface area (Å²) >= 11 is 0. The number of carbonyl (C=O) groups is 1. The summed E-state index contributed by atoms with van der Waals surface area (Å²) in [5, 5.41) is 5.59. The van der Waals surface area contributed by atoms with Crippen molar-refractivity contribution in [3.63, 3.8) is 0 Å². The van der Waals surface area contributed by atoms with Gasteiger partial charge in [-0.15, -0.1) is 0 Å². The Kier molecular flexibility index (Phi) is 5.34. The van der Waals surface area contributed by atoms with Crippen LogP contribution in [0.15, 0.2) is 42.5 Å². The maximum Gasteiger partial charge on any atom is 0.228 e. The Labute approximate surface area is 127 Å². The summed E-state index contributed by atoms with van der Waals surface area (Å²) in [5.74, 6) is 0.169. The predicted octanol–water partition coefficient (Wildman–Crippen LogP) is 3.58. The molecule has 2 aromatic rings. The van der Waals surface area contributed by atoms with E-state index in [4.69, 9.17) is 0 Å². The SMILES string of the molecule is CCNC(C)CC(=O)N(CC)c1cccc2ccccc12. The summed E-state index contributed by atoms with van der Waals surface area (Å²) in [6, 6.07) is 14.5. The molecule has 112 valence electrons. The van der Waals surface area contributed by atoms with E-state index >= 15 is 0 Å². The molecular formula is C18H24N2O. The van der Waals surface area contributed by atoms with Crippen LogP contribution in [0.3, 0.4) is 0 Å². The van der Waals surface area contributed by atoms with E-state index in [0.29, 0.717) is 13.0 Å². The molecule has 0 bridgehead atoms. The van der Waals surface area contributed by atoms with Gasteiger partial charge < -0.3 is 10.2 Å². The fourth-order valence-corrected chi connectivity index (χ4v) is 2.72. The largest absolute Gasteiger partial charge is 0.314 e. The van der Waals surface area contributed by atoms with Gasteiger partial charge in [0.15, 0.2) is 0 Å².